The largest absolute Gasteiger partial charge is 0.455 e. The van der Waals surface area contributed by atoms with Gasteiger partial charge in [0, 0.05) is 24.2 Å². The Kier molecular flexibility index (Phi) is 10.9. The Labute approximate surface area is 320 Å². The van der Waals surface area contributed by atoms with Crippen molar-refractivity contribution in [2.75, 3.05) is 13.4 Å². The highest BCUT2D eigenvalue weighted by Crippen LogP contribution is 2.63. The highest BCUT2D eigenvalue weighted by atomic mass is 16.7. The summed E-state index contributed by atoms with van der Waals surface area (Å²) in [5.74, 6) is -3.10. The van der Waals surface area contributed by atoms with Crippen molar-refractivity contribution in [3.05, 3.63) is 82.9 Å². The lowest BCUT2D eigenvalue weighted by molar-refractivity contribution is -0.344. The summed E-state index contributed by atoms with van der Waals surface area (Å²) in [5.41, 5.74) is -7.05. The van der Waals surface area contributed by atoms with Crippen LogP contribution in [0.1, 0.15) is 83.3 Å². The van der Waals surface area contributed by atoms with E-state index in [-0.39, 0.29) is 30.6 Å². The van der Waals surface area contributed by atoms with Crippen LogP contribution in [-0.4, -0.2) is 110 Å². The maximum absolute atomic E-state index is 14.7. The van der Waals surface area contributed by atoms with Crippen LogP contribution >= 0.6 is 0 Å². The minimum atomic E-state index is -2.15. The Bertz CT molecular complexity index is 1790. The fourth-order valence-electron chi connectivity index (χ4n) is 9.13. The second kappa shape index (κ2) is 14.6. The number of carbonyl (C=O) groups is 3. The van der Waals surface area contributed by atoms with Crippen molar-refractivity contribution in [2.45, 2.75) is 121 Å². The molecule has 300 valence electrons. The topological polar surface area (TPSA) is 211 Å². The van der Waals surface area contributed by atoms with Gasteiger partial charge in [-0.2, -0.15) is 0 Å². The molecule has 0 aromatic heterocycles. The van der Waals surface area contributed by atoms with Gasteiger partial charge in [0.15, 0.2) is 18.9 Å². The average molecular weight is 768 g/mol. The lowest BCUT2D eigenvalue weighted by Gasteiger charge is -2.66. The summed E-state index contributed by atoms with van der Waals surface area (Å²) >= 11 is 0. The number of esters is 1. The fourth-order valence-corrected chi connectivity index (χ4v) is 9.13. The van der Waals surface area contributed by atoms with Crippen molar-refractivity contribution in [3.63, 3.8) is 0 Å². The molecule has 3 aliphatic carbocycles. The van der Waals surface area contributed by atoms with Gasteiger partial charge in [0.05, 0.1) is 35.9 Å². The van der Waals surface area contributed by atoms with E-state index in [1.807, 2.05) is 0 Å². The van der Waals surface area contributed by atoms with E-state index >= 15 is 0 Å². The summed E-state index contributed by atoms with van der Waals surface area (Å²) < 4.78 is 29.2. The molecule has 1 amide bonds. The average Bonchev–Trinajstić information content (AvgIpc) is 3.12. The van der Waals surface area contributed by atoms with E-state index in [0.29, 0.717) is 11.1 Å². The first-order valence-electron chi connectivity index (χ1n) is 18.6. The molecule has 3 fully saturated rings. The molecule has 55 heavy (non-hydrogen) atoms. The van der Waals surface area contributed by atoms with Crippen LogP contribution in [0.3, 0.4) is 0 Å². The third-order valence-electron chi connectivity index (χ3n) is 12.2. The van der Waals surface area contributed by atoms with E-state index in [0.717, 1.165) is 0 Å². The van der Waals surface area contributed by atoms with E-state index < -0.39 is 101 Å². The highest BCUT2D eigenvalue weighted by molar-refractivity contribution is 5.94. The second-order valence-electron chi connectivity index (χ2n) is 17.0. The minimum absolute atomic E-state index is 0.0946. The van der Waals surface area contributed by atoms with Crippen molar-refractivity contribution in [2.24, 2.45) is 16.7 Å². The van der Waals surface area contributed by atoms with Crippen LogP contribution in [0.25, 0.3) is 0 Å². The number of rotatable bonds is 9. The third-order valence-corrected chi connectivity index (χ3v) is 12.2. The van der Waals surface area contributed by atoms with Gasteiger partial charge >= 0.3 is 12.1 Å². The first-order valence-corrected chi connectivity index (χ1v) is 18.6. The molecule has 0 radical (unpaired) electrons. The molecule has 1 saturated heterocycles. The number of ketones is 1. The van der Waals surface area contributed by atoms with E-state index in [4.69, 9.17) is 23.7 Å². The van der Waals surface area contributed by atoms with Crippen LogP contribution in [-0.2, 0) is 28.5 Å². The minimum Gasteiger partial charge on any atom is -0.455 e. The number of hydrogen-bond acceptors (Lipinski definition) is 13. The summed E-state index contributed by atoms with van der Waals surface area (Å²) in [4.78, 5) is 41.3. The second-order valence-corrected chi connectivity index (χ2v) is 17.0. The molecule has 2 aromatic rings. The molecule has 1 heterocycles. The number of hydrogen-bond donors (Lipinski definition) is 6. The zero-order chi connectivity index (χ0) is 40.3. The summed E-state index contributed by atoms with van der Waals surface area (Å²) in [6.45, 7) is 10.6. The molecule has 0 spiro atoms. The molecule has 4 aliphatic rings. The van der Waals surface area contributed by atoms with Gasteiger partial charge in [0.1, 0.15) is 35.1 Å². The van der Waals surface area contributed by atoms with E-state index in [1.54, 1.807) is 90.1 Å². The first-order chi connectivity index (χ1) is 25.7. The Morgan fingerprint density at radius 3 is 2.20 bits per heavy atom. The summed E-state index contributed by atoms with van der Waals surface area (Å²) in [6.07, 6.45) is -9.85. The van der Waals surface area contributed by atoms with Crippen molar-refractivity contribution in [3.8, 4) is 0 Å². The molecule has 14 nitrogen and oxygen atoms in total. The third kappa shape index (κ3) is 7.01. The molecule has 2 saturated carbocycles. The number of ether oxygens (including phenoxy) is 5. The van der Waals surface area contributed by atoms with Crippen LogP contribution in [0.5, 0.6) is 0 Å². The number of benzene rings is 2. The molecule has 1 unspecified atom stereocenters. The lowest BCUT2D eigenvalue weighted by Crippen LogP contribution is -2.81. The van der Waals surface area contributed by atoms with Gasteiger partial charge in [-0.05, 0) is 63.5 Å². The number of amides is 1. The maximum atomic E-state index is 14.7. The zero-order valence-electron chi connectivity index (χ0n) is 32.2. The van der Waals surface area contributed by atoms with Crippen molar-refractivity contribution >= 4 is 17.8 Å². The Morgan fingerprint density at radius 1 is 1.00 bits per heavy atom. The fraction of sp³-hybridized carbons (Fsp3) is 0.585. The molecular weight excluding hydrogens is 714 g/mol. The summed E-state index contributed by atoms with van der Waals surface area (Å²) in [5, 5.41) is 62.9. The summed E-state index contributed by atoms with van der Waals surface area (Å²) in [6, 6.07) is 15.6. The predicted octanol–water partition coefficient (Wildman–Crippen LogP) is 3.09. The van der Waals surface area contributed by atoms with Gasteiger partial charge < -0.3 is 54.5 Å². The number of alkyl carbamates (subject to hydrolysis) is 1. The predicted molar refractivity (Wildman–Crippen MR) is 195 cm³/mol. The number of fused-ring (bicyclic) bond motifs is 5. The Morgan fingerprint density at radius 2 is 1.62 bits per heavy atom. The van der Waals surface area contributed by atoms with Gasteiger partial charge in [-0.25, -0.2) is 9.59 Å². The van der Waals surface area contributed by atoms with E-state index in [2.05, 4.69) is 5.32 Å². The van der Waals surface area contributed by atoms with Gasteiger partial charge in [-0.3, -0.25) is 4.79 Å². The number of nitrogens with one attached hydrogen (secondary N) is 1. The molecule has 14 heteroatoms. The summed E-state index contributed by atoms with van der Waals surface area (Å²) in [7, 11) is 0. The number of aliphatic hydroxyl groups is 5. The van der Waals surface area contributed by atoms with Gasteiger partial charge in [-0.15, -0.1) is 0 Å². The molecule has 6 rings (SSSR count). The quantitative estimate of drug-likeness (QED) is 0.123. The molecule has 2 aromatic carbocycles. The SMILES string of the molecule is CC1=C2[C@@H](O)C(=O)[C@@]3(C)C([C@H](OC(=O)c4ccccc4)[C@](O)(C[C@@H]1OCO[C@H](O)[C@@H](NC(=O)OC(C)(C)C)c1ccccc1)C2(C)C)[C@]1(O)CO[C@@H]1C[C@@H]3O. The number of aliphatic hydroxyl groups excluding tert-OH is 3. The smallest absolute Gasteiger partial charge is 0.408 e. The van der Waals surface area contributed by atoms with Crippen molar-refractivity contribution in [1.82, 2.24) is 5.32 Å². The number of carbonyl (C=O) groups excluding carboxylic acids is 3. The molecule has 1 aliphatic heterocycles. The molecular formula is C41H53NO13. The Balaban J connectivity index is 1.36. The molecule has 2 bridgehead atoms. The van der Waals surface area contributed by atoms with Crippen molar-refractivity contribution < 1.29 is 63.6 Å². The molecule has 11 atom stereocenters. The highest BCUT2D eigenvalue weighted by Gasteiger charge is 2.76. The van der Waals surface area contributed by atoms with Crippen LogP contribution in [0.4, 0.5) is 4.79 Å². The lowest BCUT2D eigenvalue weighted by atomic mass is 9.45. The Hall–Kier alpha value is -3.73. The van der Waals surface area contributed by atoms with Gasteiger partial charge in [0.2, 0.25) is 0 Å². The van der Waals surface area contributed by atoms with Crippen LogP contribution < -0.4 is 5.32 Å². The van der Waals surface area contributed by atoms with Crippen LogP contribution in [0, 0.1) is 16.7 Å². The van der Waals surface area contributed by atoms with E-state index in [1.165, 1.54) is 19.1 Å². The monoisotopic (exact) mass is 767 g/mol. The number of Topliss-reactive ketones (excluding diaryl/α,β-unsaturated/α-hetero) is 1. The maximum Gasteiger partial charge on any atom is 0.408 e. The van der Waals surface area contributed by atoms with Crippen LogP contribution in [0.2, 0.25) is 0 Å². The van der Waals surface area contributed by atoms with Gasteiger partial charge in [-0.1, -0.05) is 62.4 Å². The standard InChI is InChI=1S/C41H53NO13/c1-22-25(52-21-53-35(47)29(23-14-10-8-11-15-23)42-36(48)55-37(2,3)4)19-41(50)33(54-34(46)24-16-12-9-13-17-24)31-39(7,26(43)18-27-40(31,49)20-51-27)32(45)30(44)28(22)38(41,5)6/h8-17,25-27,29-31,33,35,43-44,47,49-50H,18-21H2,1-7H3,(H,42,48)/t25-,26-,27+,29-,30+,31?,33-,35-,39+,40-,41+/m0/s1. The molecule has 6 N–H and O–H groups in total. The van der Waals surface area contributed by atoms with Crippen LogP contribution in [0.15, 0.2) is 71.8 Å². The zero-order valence-corrected chi connectivity index (χ0v) is 32.2. The van der Waals surface area contributed by atoms with Crippen molar-refractivity contribution in [1.29, 1.82) is 0 Å². The van der Waals surface area contributed by atoms with E-state index in [9.17, 15) is 39.9 Å². The normalized spacial score (nSPS) is 35.2. The van der Waals surface area contributed by atoms with Gasteiger partial charge in [0.25, 0.3) is 0 Å². The first kappa shape index (κ1) is 40.9.